The molecule has 0 saturated carbocycles. The highest BCUT2D eigenvalue weighted by Crippen LogP contribution is 2.23. The average Bonchev–Trinajstić information content (AvgIpc) is 3.22. The maximum atomic E-state index is 12.3. The molecule has 0 radical (unpaired) electrons. The van der Waals surface area contributed by atoms with E-state index in [0.717, 1.165) is 11.1 Å². The number of oxazole rings is 1. The second-order valence-corrected chi connectivity index (χ2v) is 6.82. The highest BCUT2D eigenvalue weighted by atomic mass is 32.1. The smallest absolute Gasteiger partial charge is 0.257 e. The molecule has 0 unspecified atom stereocenters. The van der Waals surface area contributed by atoms with E-state index in [2.05, 4.69) is 20.6 Å². The van der Waals surface area contributed by atoms with Gasteiger partial charge in [-0.2, -0.15) is 4.98 Å². The second-order valence-electron chi connectivity index (χ2n) is 6.41. The van der Waals surface area contributed by atoms with Crippen LogP contribution < -0.4 is 15.4 Å². The molecule has 2 N–H and O–H groups in total. The number of carbonyl (C=O) groups is 1. The fourth-order valence-electron chi connectivity index (χ4n) is 2.82. The molecule has 4 aromatic rings. The summed E-state index contributed by atoms with van der Waals surface area (Å²) in [5.41, 5.74) is 3.54. The highest BCUT2D eigenvalue weighted by molar-refractivity contribution is 7.80. The molecule has 150 valence electrons. The number of hydrogen-bond donors (Lipinski definition) is 2. The molecule has 0 saturated heterocycles. The molecule has 2 aromatic heterocycles. The molecule has 0 aliphatic carbocycles. The molecule has 0 atom stereocenters. The van der Waals surface area contributed by atoms with E-state index in [4.69, 9.17) is 21.4 Å². The minimum atomic E-state index is -0.300. The van der Waals surface area contributed by atoms with Gasteiger partial charge in [0.2, 0.25) is 5.89 Å². The van der Waals surface area contributed by atoms with Gasteiger partial charge < -0.3 is 14.5 Å². The lowest BCUT2D eigenvalue weighted by molar-refractivity contribution is 0.0976. The van der Waals surface area contributed by atoms with Gasteiger partial charge in [0.1, 0.15) is 5.75 Å². The summed E-state index contributed by atoms with van der Waals surface area (Å²) in [5, 5.41) is 5.94. The van der Waals surface area contributed by atoms with Crippen molar-refractivity contribution in [2.24, 2.45) is 0 Å². The number of carbonyl (C=O) groups excluding carboxylic acids is 1. The van der Waals surface area contributed by atoms with E-state index in [-0.39, 0.29) is 11.0 Å². The third-order valence-electron chi connectivity index (χ3n) is 4.38. The van der Waals surface area contributed by atoms with Crippen molar-refractivity contribution >= 4 is 34.5 Å². The van der Waals surface area contributed by atoms with Crippen LogP contribution in [0.5, 0.6) is 5.75 Å². The van der Waals surface area contributed by atoms with E-state index in [1.165, 1.54) is 0 Å². The van der Waals surface area contributed by atoms with Gasteiger partial charge in [-0.3, -0.25) is 10.1 Å². The van der Waals surface area contributed by atoms with Gasteiger partial charge in [-0.05, 0) is 60.2 Å². The topological polar surface area (TPSA) is 89.3 Å². The second kappa shape index (κ2) is 8.71. The summed E-state index contributed by atoms with van der Waals surface area (Å²) < 4.78 is 10.9. The van der Waals surface area contributed by atoms with Crippen LogP contribution in [0.3, 0.4) is 0 Å². The number of benzene rings is 2. The zero-order valence-electron chi connectivity index (χ0n) is 16.1. The van der Waals surface area contributed by atoms with Crippen LogP contribution in [0.15, 0.2) is 71.3 Å². The van der Waals surface area contributed by atoms with E-state index >= 15 is 0 Å². The zero-order chi connectivity index (χ0) is 20.9. The Kier molecular flexibility index (Phi) is 5.67. The monoisotopic (exact) mass is 418 g/mol. The normalized spacial score (nSPS) is 10.6. The Labute approximate surface area is 178 Å². The van der Waals surface area contributed by atoms with Crippen LogP contribution in [-0.2, 0) is 6.54 Å². The van der Waals surface area contributed by atoms with Gasteiger partial charge in [0.25, 0.3) is 5.91 Å². The Balaban J connectivity index is 1.34. The standard InChI is InChI=1S/C22H18N4O3S/c1-28-17-5-2-4-16(12-17)20(27)26-22(30)24-13-14-7-9-15(10-8-14)21-25-19-18(29-21)6-3-11-23-19/h2-12H,13H2,1H3,(H2,24,26,27,30). The molecule has 8 heteroatoms. The number of rotatable bonds is 5. The number of hydrogen-bond acceptors (Lipinski definition) is 6. The predicted octanol–water partition coefficient (Wildman–Crippen LogP) is 3.70. The largest absolute Gasteiger partial charge is 0.497 e. The first kappa shape index (κ1) is 19.5. The van der Waals surface area contributed by atoms with Crippen LogP contribution >= 0.6 is 12.2 Å². The van der Waals surface area contributed by atoms with Crippen LogP contribution in [-0.4, -0.2) is 28.1 Å². The minimum absolute atomic E-state index is 0.247. The first-order chi connectivity index (χ1) is 14.6. The quantitative estimate of drug-likeness (QED) is 0.478. The van der Waals surface area contributed by atoms with E-state index in [1.54, 1.807) is 37.6 Å². The Bertz CT molecular complexity index is 1170. The first-order valence-electron chi connectivity index (χ1n) is 9.16. The summed E-state index contributed by atoms with van der Waals surface area (Å²) in [6.07, 6.45) is 1.68. The number of thiocarbonyl (C=S) groups is 1. The number of nitrogens with zero attached hydrogens (tertiary/aromatic N) is 2. The third-order valence-corrected chi connectivity index (χ3v) is 4.62. The minimum Gasteiger partial charge on any atom is -0.497 e. The van der Waals surface area contributed by atoms with E-state index in [1.807, 2.05) is 36.4 Å². The predicted molar refractivity (Wildman–Crippen MR) is 117 cm³/mol. The van der Waals surface area contributed by atoms with Crippen molar-refractivity contribution in [3.05, 3.63) is 78.0 Å². The lowest BCUT2D eigenvalue weighted by Gasteiger charge is -2.10. The van der Waals surface area contributed by atoms with E-state index in [0.29, 0.717) is 35.0 Å². The number of pyridine rings is 1. The molecule has 1 amide bonds. The Morgan fingerprint density at radius 1 is 1.13 bits per heavy atom. The van der Waals surface area contributed by atoms with Crippen molar-refractivity contribution in [3.8, 4) is 17.2 Å². The first-order valence-corrected chi connectivity index (χ1v) is 9.57. The number of methoxy groups -OCH3 is 1. The van der Waals surface area contributed by atoms with Crippen LogP contribution in [0.1, 0.15) is 15.9 Å². The number of amides is 1. The fourth-order valence-corrected chi connectivity index (χ4v) is 2.99. The maximum Gasteiger partial charge on any atom is 0.257 e. The van der Waals surface area contributed by atoms with Gasteiger partial charge in [-0.25, -0.2) is 4.98 Å². The SMILES string of the molecule is COc1cccc(C(=O)NC(=S)NCc2ccc(-c3nc4ncccc4o3)cc2)c1. The molecule has 0 bridgehead atoms. The van der Waals surface area contributed by atoms with E-state index in [9.17, 15) is 4.79 Å². The van der Waals surface area contributed by atoms with Gasteiger partial charge in [0.05, 0.1) is 7.11 Å². The van der Waals surface area contributed by atoms with E-state index < -0.39 is 0 Å². The van der Waals surface area contributed by atoms with Crippen LogP contribution in [0, 0.1) is 0 Å². The molecule has 0 aliphatic rings. The van der Waals surface area contributed by atoms with Gasteiger partial charge in [-0.15, -0.1) is 0 Å². The van der Waals surface area contributed by atoms with Crippen molar-refractivity contribution in [2.75, 3.05) is 7.11 Å². The summed E-state index contributed by atoms with van der Waals surface area (Å²) in [6.45, 7) is 0.465. The fraction of sp³-hybridized carbons (Fsp3) is 0.0909. The summed E-state index contributed by atoms with van der Waals surface area (Å²) >= 11 is 5.22. The Morgan fingerprint density at radius 3 is 2.73 bits per heavy atom. The maximum absolute atomic E-state index is 12.3. The van der Waals surface area contributed by atoms with Gasteiger partial charge in [0.15, 0.2) is 16.3 Å². The number of fused-ring (bicyclic) bond motifs is 1. The lowest BCUT2D eigenvalue weighted by atomic mass is 10.1. The average molecular weight is 418 g/mol. The van der Waals surface area contributed by atoms with Crippen LogP contribution in [0.2, 0.25) is 0 Å². The van der Waals surface area contributed by atoms with Gasteiger partial charge in [-0.1, -0.05) is 18.2 Å². The van der Waals surface area contributed by atoms with Crippen molar-refractivity contribution in [1.29, 1.82) is 0 Å². The van der Waals surface area contributed by atoms with Crippen LogP contribution in [0.4, 0.5) is 0 Å². The molecule has 0 aliphatic heterocycles. The summed E-state index contributed by atoms with van der Waals surface area (Å²) in [5.74, 6) is 0.826. The molecule has 2 aromatic carbocycles. The van der Waals surface area contributed by atoms with Crippen molar-refractivity contribution < 1.29 is 13.9 Å². The molecule has 30 heavy (non-hydrogen) atoms. The molecule has 2 heterocycles. The lowest BCUT2D eigenvalue weighted by Crippen LogP contribution is -2.38. The Morgan fingerprint density at radius 2 is 1.97 bits per heavy atom. The summed E-state index contributed by atoms with van der Waals surface area (Å²) in [6, 6.07) is 18.2. The molecule has 0 spiro atoms. The number of aromatic nitrogens is 2. The molecular weight excluding hydrogens is 400 g/mol. The highest BCUT2D eigenvalue weighted by Gasteiger charge is 2.10. The summed E-state index contributed by atoms with van der Waals surface area (Å²) in [7, 11) is 1.55. The van der Waals surface area contributed by atoms with Crippen molar-refractivity contribution in [2.45, 2.75) is 6.54 Å². The van der Waals surface area contributed by atoms with Gasteiger partial charge >= 0.3 is 0 Å². The molecule has 7 nitrogen and oxygen atoms in total. The molecule has 4 rings (SSSR count). The molecular formula is C22H18N4O3S. The third kappa shape index (κ3) is 4.44. The number of ether oxygens (including phenoxy) is 1. The Hall–Kier alpha value is -3.78. The summed E-state index contributed by atoms with van der Waals surface area (Å²) in [4.78, 5) is 20.9. The zero-order valence-corrected chi connectivity index (χ0v) is 16.9. The number of nitrogens with one attached hydrogen (secondary N) is 2. The molecule has 0 fully saturated rings. The van der Waals surface area contributed by atoms with Gasteiger partial charge in [0, 0.05) is 23.9 Å². The van der Waals surface area contributed by atoms with Crippen molar-refractivity contribution in [3.63, 3.8) is 0 Å². The van der Waals surface area contributed by atoms with Crippen LogP contribution in [0.25, 0.3) is 22.7 Å². The van der Waals surface area contributed by atoms with Crippen molar-refractivity contribution in [1.82, 2.24) is 20.6 Å².